The van der Waals surface area contributed by atoms with Crippen molar-refractivity contribution in [2.24, 2.45) is 0 Å². The van der Waals surface area contributed by atoms with Gasteiger partial charge in [-0.2, -0.15) is 21.6 Å². The zero-order chi connectivity index (χ0) is 20.6. The molecule has 0 radical (unpaired) electrons. The minimum Gasteiger partial charge on any atom is -0.376 e. The number of rotatable bonds is 5. The molecule has 0 spiro atoms. The predicted molar refractivity (Wildman–Crippen MR) is 99.6 cm³/mol. The Kier molecular flexibility index (Phi) is 5.94. The van der Waals surface area contributed by atoms with Crippen LogP contribution >= 0.6 is 0 Å². The van der Waals surface area contributed by atoms with Gasteiger partial charge < -0.3 is 4.18 Å². The summed E-state index contributed by atoms with van der Waals surface area (Å²) in [5.74, 6) is 0.0494. The first-order valence-corrected chi connectivity index (χ1v) is 9.93. The number of alkyl halides is 3. The standard InChI is InChI=1S/C20H23F3O3S/c1-12(2)18-10-16(7-6-13(18)3)11-19-14(4)8-17(9-15(19)5)26-27(24,25)20(21,22)23/h6-10,12H,11H2,1-5H3. The molecule has 2 aromatic rings. The summed E-state index contributed by atoms with van der Waals surface area (Å²) < 4.78 is 64.2. The van der Waals surface area contributed by atoms with E-state index in [1.807, 2.05) is 6.07 Å². The van der Waals surface area contributed by atoms with Gasteiger partial charge in [0.05, 0.1) is 0 Å². The molecule has 0 fully saturated rings. The molecule has 0 atom stereocenters. The largest absolute Gasteiger partial charge is 0.534 e. The third-order valence-electron chi connectivity index (χ3n) is 4.51. The summed E-state index contributed by atoms with van der Waals surface area (Å²) in [4.78, 5) is 0. The van der Waals surface area contributed by atoms with Crippen LogP contribution in [0.1, 0.15) is 53.1 Å². The van der Waals surface area contributed by atoms with E-state index >= 15 is 0 Å². The van der Waals surface area contributed by atoms with Crippen molar-refractivity contribution in [2.75, 3.05) is 0 Å². The van der Waals surface area contributed by atoms with Gasteiger partial charge in [0.2, 0.25) is 0 Å². The van der Waals surface area contributed by atoms with E-state index in [0.29, 0.717) is 23.5 Å². The molecule has 0 saturated carbocycles. The summed E-state index contributed by atoms with van der Waals surface area (Å²) in [6.07, 6.45) is 0.601. The molecular formula is C20H23F3O3S. The SMILES string of the molecule is Cc1ccc(Cc2c(C)cc(OS(=O)(=O)C(F)(F)F)cc2C)cc1C(C)C. The Balaban J connectivity index is 2.35. The highest BCUT2D eigenvalue weighted by molar-refractivity contribution is 7.88. The third kappa shape index (κ3) is 4.83. The summed E-state index contributed by atoms with van der Waals surface area (Å²) in [5, 5.41) is 0. The van der Waals surface area contributed by atoms with E-state index in [4.69, 9.17) is 0 Å². The first-order chi connectivity index (χ1) is 12.3. The van der Waals surface area contributed by atoms with Gasteiger partial charge in [-0.15, -0.1) is 0 Å². The Morgan fingerprint density at radius 3 is 2.00 bits per heavy atom. The van der Waals surface area contributed by atoms with Crippen molar-refractivity contribution in [3.05, 3.63) is 63.7 Å². The molecule has 0 aliphatic rings. The van der Waals surface area contributed by atoms with Crippen LogP contribution in [-0.2, 0) is 16.5 Å². The van der Waals surface area contributed by atoms with Crippen LogP contribution in [0, 0.1) is 20.8 Å². The van der Waals surface area contributed by atoms with Crippen LogP contribution in [-0.4, -0.2) is 13.9 Å². The van der Waals surface area contributed by atoms with Crippen LogP contribution in [0.5, 0.6) is 5.75 Å². The van der Waals surface area contributed by atoms with Crippen LogP contribution in [0.2, 0.25) is 0 Å². The Bertz CT molecular complexity index is 922. The van der Waals surface area contributed by atoms with Crippen molar-refractivity contribution in [3.8, 4) is 5.75 Å². The van der Waals surface area contributed by atoms with E-state index in [0.717, 1.165) is 11.1 Å². The van der Waals surface area contributed by atoms with Gasteiger partial charge in [0.1, 0.15) is 5.75 Å². The summed E-state index contributed by atoms with van der Waals surface area (Å²) in [5.41, 5.74) is 0.380. The number of hydrogen-bond acceptors (Lipinski definition) is 3. The van der Waals surface area contributed by atoms with Crippen LogP contribution in [0.15, 0.2) is 30.3 Å². The molecule has 0 unspecified atom stereocenters. The second-order valence-corrected chi connectivity index (χ2v) is 8.58. The molecule has 0 N–H and O–H groups in total. The Labute approximate surface area is 158 Å². The van der Waals surface area contributed by atoms with E-state index in [1.165, 1.54) is 23.3 Å². The van der Waals surface area contributed by atoms with Crippen LogP contribution in [0.4, 0.5) is 13.2 Å². The lowest BCUT2D eigenvalue weighted by Gasteiger charge is -2.16. The van der Waals surface area contributed by atoms with Crippen molar-refractivity contribution in [3.63, 3.8) is 0 Å². The van der Waals surface area contributed by atoms with E-state index < -0.39 is 15.6 Å². The summed E-state index contributed by atoms with van der Waals surface area (Å²) in [6.45, 7) is 9.76. The Morgan fingerprint density at radius 2 is 1.52 bits per heavy atom. The quantitative estimate of drug-likeness (QED) is 0.488. The lowest BCUT2D eigenvalue weighted by atomic mass is 9.91. The van der Waals surface area contributed by atoms with Gasteiger partial charge in [0, 0.05) is 0 Å². The number of benzene rings is 2. The van der Waals surface area contributed by atoms with Gasteiger partial charge in [0.15, 0.2) is 0 Å². The molecule has 0 bridgehead atoms. The van der Waals surface area contributed by atoms with Gasteiger partial charge >= 0.3 is 15.6 Å². The Hall–Kier alpha value is -2.02. The molecule has 3 nitrogen and oxygen atoms in total. The smallest absolute Gasteiger partial charge is 0.376 e. The predicted octanol–water partition coefficient (Wildman–Crippen LogP) is 5.55. The number of hydrogen-bond donors (Lipinski definition) is 0. The van der Waals surface area contributed by atoms with Gasteiger partial charge in [-0.05, 0) is 78.6 Å². The molecule has 0 aliphatic carbocycles. The topological polar surface area (TPSA) is 43.4 Å². The molecular weight excluding hydrogens is 377 g/mol. The van der Waals surface area contributed by atoms with E-state index in [-0.39, 0.29) is 5.75 Å². The lowest BCUT2D eigenvalue weighted by Crippen LogP contribution is -2.28. The van der Waals surface area contributed by atoms with Crippen molar-refractivity contribution < 1.29 is 25.8 Å². The average molecular weight is 400 g/mol. The highest BCUT2D eigenvalue weighted by atomic mass is 32.2. The molecule has 148 valence electrons. The van der Waals surface area contributed by atoms with Crippen LogP contribution in [0.25, 0.3) is 0 Å². The Morgan fingerprint density at radius 1 is 0.963 bits per heavy atom. The maximum absolute atomic E-state index is 12.5. The second kappa shape index (κ2) is 7.54. The monoisotopic (exact) mass is 400 g/mol. The fraction of sp³-hybridized carbons (Fsp3) is 0.400. The number of halogens is 3. The summed E-state index contributed by atoms with van der Waals surface area (Å²) in [7, 11) is -5.68. The van der Waals surface area contributed by atoms with E-state index in [1.54, 1.807) is 13.8 Å². The maximum Gasteiger partial charge on any atom is 0.534 e. The normalized spacial score (nSPS) is 12.5. The van der Waals surface area contributed by atoms with Crippen molar-refractivity contribution in [1.29, 1.82) is 0 Å². The van der Waals surface area contributed by atoms with Gasteiger partial charge in [-0.3, -0.25) is 0 Å². The minimum absolute atomic E-state index is 0.335. The zero-order valence-electron chi connectivity index (χ0n) is 15.9. The van der Waals surface area contributed by atoms with Crippen molar-refractivity contribution >= 4 is 10.1 Å². The van der Waals surface area contributed by atoms with Gasteiger partial charge in [-0.1, -0.05) is 32.0 Å². The highest BCUT2D eigenvalue weighted by Crippen LogP contribution is 2.30. The minimum atomic E-state index is -5.68. The summed E-state index contributed by atoms with van der Waals surface area (Å²) >= 11 is 0. The van der Waals surface area contributed by atoms with Crippen LogP contribution in [0.3, 0.4) is 0 Å². The van der Waals surface area contributed by atoms with Crippen LogP contribution < -0.4 is 4.18 Å². The molecule has 2 rings (SSSR count). The molecule has 0 amide bonds. The first kappa shape index (κ1) is 21.3. The first-order valence-electron chi connectivity index (χ1n) is 8.52. The summed E-state index contributed by atoms with van der Waals surface area (Å²) in [6, 6.07) is 8.87. The van der Waals surface area contributed by atoms with Gasteiger partial charge in [-0.25, -0.2) is 0 Å². The fourth-order valence-corrected chi connectivity index (χ4v) is 3.52. The van der Waals surface area contributed by atoms with Crippen molar-refractivity contribution in [1.82, 2.24) is 0 Å². The fourth-order valence-electron chi connectivity index (χ4n) is 3.08. The maximum atomic E-state index is 12.5. The lowest BCUT2D eigenvalue weighted by molar-refractivity contribution is -0.0500. The molecule has 0 saturated heterocycles. The molecule has 0 aromatic heterocycles. The second-order valence-electron chi connectivity index (χ2n) is 7.04. The highest BCUT2D eigenvalue weighted by Gasteiger charge is 2.48. The molecule has 0 heterocycles. The average Bonchev–Trinajstić information content (AvgIpc) is 2.50. The van der Waals surface area contributed by atoms with E-state index in [2.05, 4.69) is 37.1 Å². The van der Waals surface area contributed by atoms with Crippen molar-refractivity contribution in [2.45, 2.75) is 52.5 Å². The van der Waals surface area contributed by atoms with E-state index in [9.17, 15) is 21.6 Å². The molecule has 7 heteroatoms. The van der Waals surface area contributed by atoms with Gasteiger partial charge in [0.25, 0.3) is 0 Å². The molecule has 27 heavy (non-hydrogen) atoms. The third-order valence-corrected chi connectivity index (χ3v) is 5.48. The number of aryl methyl sites for hydroxylation is 3. The zero-order valence-corrected chi connectivity index (χ0v) is 16.8. The molecule has 0 aliphatic heterocycles. The molecule has 2 aromatic carbocycles.